The molecule has 2 amide bonds. The molecule has 39 heavy (non-hydrogen) atoms. The number of nitrogens with one attached hydrogen (secondary N) is 1. The Bertz CT molecular complexity index is 1330. The third kappa shape index (κ3) is 7.85. The molecule has 2 aromatic carbocycles. The van der Waals surface area contributed by atoms with Crippen molar-refractivity contribution in [1.82, 2.24) is 9.62 Å². The molecular formula is C30H40N2O6S. The van der Waals surface area contributed by atoms with Crippen LogP contribution in [0.25, 0.3) is 5.57 Å². The van der Waals surface area contributed by atoms with E-state index in [9.17, 15) is 18.0 Å². The average molecular weight is 557 g/mol. The van der Waals surface area contributed by atoms with Crippen molar-refractivity contribution in [3.05, 3.63) is 70.8 Å². The molecule has 8 nitrogen and oxygen atoms in total. The molecule has 9 heteroatoms. The van der Waals surface area contributed by atoms with Crippen molar-refractivity contribution in [2.75, 3.05) is 19.4 Å². The van der Waals surface area contributed by atoms with Crippen molar-refractivity contribution < 1.29 is 27.5 Å². The van der Waals surface area contributed by atoms with Gasteiger partial charge in [0.05, 0.1) is 24.9 Å². The molecule has 1 aliphatic heterocycles. The Hall–Kier alpha value is -3.33. The summed E-state index contributed by atoms with van der Waals surface area (Å²) in [7, 11) is -4.04. The van der Waals surface area contributed by atoms with E-state index in [2.05, 4.69) is 12.2 Å². The van der Waals surface area contributed by atoms with Crippen LogP contribution in [0.1, 0.15) is 70.6 Å². The molecule has 0 saturated heterocycles. The number of nitrogens with zero attached hydrogens (tertiary/aromatic N) is 1. The second-order valence-electron chi connectivity index (χ2n) is 11.3. The average Bonchev–Trinajstić information content (AvgIpc) is 2.82. The number of carbonyl (C=O) groups excluding carboxylic acids is 2. The fourth-order valence-electron chi connectivity index (χ4n) is 4.37. The van der Waals surface area contributed by atoms with Crippen molar-refractivity contribution in [1.29, 1.82) is 0 Å². The smallest absolute Gasteiger partial charge is 0.424 e. The molecule has 1 N–H and O–H groups in total. The zero-order valence-corrected chi connectivity index (χ0v) is 24.8. The lowest BCUT2D eigenvalue weighted by Crippen LogP contribution is -2.50. The lowest BCUT2D eigenvalue weighted by atomic mass is 9.78. The molecule has 0 aliphatic carbocycles. The third-order valence-corrected chi connectivity index (χ3v) is 7.59. The Morgan fingerprint density at radius 1 is 1.08 bits per heavy atom. The Morgan fingerprint density at radius 3 is 2.23 bits per heavy atom. The van der Waals surface area contributed by atoms with Gasteiger partial charge in [0, 0.05) is 12.0 Å². The molecule has 3 rings (SSSR count). The minimum absolute atomic E-state index is 0.201. The first-order valence-corrected chi connectivity index (χ1v) is 15.0. The molecule has 1 atom stereocenters. The monoisotopic (exact) mass is 556 g/mol. The highest BCUT2D eigenvalue weighted by molar-refractivity contribution is 7.88. The summed E-state index contributed by atoms with van der Waals surface area (Å²) in [6.07, 6.45) is 2.30. The summed E-state index contributed by atoms with van der Waals surface area (Å²) in [5.74, 6) is 0.314. The molecule has 0 aromatic heterocycles. The molecule has 0 fully saturated rings. The molecule has 0 bridgehead atoms. The van der Waals surface area contributed by atoms with Crippen molar-refractivity contribution in [3.8, 4) is 5.75 Å². The summed E-state index contributed by atoms with van der Waals surface area (Å²) >= 11 is 0. The summed E-state index contributed by atoms with van der Waals surface area (Å²) in [6, 6.07) is 15.3. The van der Waals surface area contributed by atoms with Crippen LogP contribution in [-0.4, -0.2) is 49.7 Å². The van der Waals surface area contributed by atoms with E-state index in [0.717, 1.165) is 41.5 Å². The molecule has 212 valence electrons. The minimum atomic E-state index is -4.04. The van der Waals surface area contributed by atoms with E-state index in [-0.39, 0.29) is 5.57 Å². The van der Waals surface area contributed by atoms with Crippen molar-refractivity contribution in [3.63, 3.8) is 0 Å². The van der Waals surface area contributed by atoms with Crippen LogP contribution < -0.4 is 10.1 Å². The van der Waals surface area contributed by atoms with E-state index in [1.54, 1.807) is 20.8 Å². The fourth-order valence-corrected chi connectivity index (χ4v) is 5.04. The number of sulfonamides is 1. The number of carbonyl (C=O) groups is 2. The van der Waals surface area contributed by atoms with Gasteiger partial charge in [0.15, 0.2) is 0 Å². The second kappa shape index (κ2) is 11.8. The number of ether oxygens (including phenoxy) is 2. The number of benzene rings is 2. The lowest BCUT2D eigenvalue weighted by molar-refractivity contribution is -0.119. The number of hydrogen-bond donors (Lipinski definition) is 1. The van der Waals surface area contributed by atoms with Crippen LogP contribution in [0, 0.1) is 6.92 Å². The van der Waals surface area contributed by atoms with Crippen molar-refractivity contribution in [2.24, 2.45) is 0 Å². The normalized spacial score (nSPS) is 18.0. The lowest BCUT2D eigenvalue weighted by Gasteiger charge is -2.38. The van der Waals surface area contributed by atoms with E-state index in [1.807, 2.05) is 62.4 Å². The number of hydrogen-bond acceptors (Lipinski definition) is 6. The topological polar surface area (TPSA) is 102 Å². The van der Waals surface area contributed by atoms with Gasteiger partial charge in [-0.25, -0.2) is 13.2 Å². The predicted octanol–water partition coefficient (Wildman–Crippen LogP) is 5.56. The van der Waals surface area contributed by atoms with Crippen molar-refractivity contribution >= 4 is 27.6 Å². The van der Waals surface area contributed by atoms with Crippen LogP contribution >= 0.6 is 0 Å². The predicted molar refractivity (Wildman–Crippen MR) is 153 cm³/mol. The molecule has 0 saturated carbocycles. The highest BCUT2D eigenvalue weighted by atomic mass is 32.2. The van der Waals surface area contributed by atoms with Crippen molar-refractivity contribution in [2.45, 2.75) is 71.9 Å². The first-order valence-electron chi connectivity index (χ1n) is 13.2. The first-order chi connectivity index (χ1) is 18.1. The largest absolute Gasteiger partial charge is 0.494 e. The zero-order chi connectivity index (χ0) is 29.0. The van der Waals surface area contributed by atoms with Gasteiger partial charge in [-0.15, -0.1) is 0 Å². The zero-order valence-electron chi connectivity index (χ0n) is 24.0. The van der Waals surface area contributed by atoms with Crippen LogP contribution in [0.5, 0.6) is 5.75 Å². The maximum Gasteiger partial charge on any atom is 0.424 e. The number of unbranched alkanes of at least 4 members (excludes halogenated alkanes) is 1. The number of aryl methyl sites for hydroxylation is 1. The summed E-state index contributed by atoms with van der Waals surface area (Å²) < 4.78 is 37.1. The Kier molecular flexibility index (Phi) is 9.16. The third-order valence-electron chi connectivity index (χ3n) is 6.52. The summed E-state index contributed by atoms with van der Waals surface area (Å²) in [5.41, 5.74) is 1.91. The van der Waals surface area contributed by atoms with Gasteiger partial charge in [0.2, 0.25) is 15.9 Å². The van der Waals surface area contributed by atoms with Gasteiger partial charge in [0.1, 0.15) is 11.4 Å². The van der Waals surface area contributed by atoms with Crippen LogP contribution in [0.4, 0.5) is 4.79 Å². The standard InChI is InChI=1S/C30H40N2O6S/c1-8-9-18-37-24-16-14-23(15-17-24)30(6)19-25(22-12-10-21(2)11-13-22)26(27(33)31-30)20-32(39(7,35)36)28(34)38-29(3,4)5/h10-17H,8-9,18-20H2,1-7H3,(H,31,33)/t30-/m0/s1. The van der Waals surface area contributed by atoms with Crippen LogP contribution in [0.15, 0.2) is 54.1 Å². The van der Waals surface area contributed by atoms with E-state index < -0.39 is 39.7 Å². The Morgan fingerprint density at radius 2 is 1.69 bits per heavy atom. The van der Waals surface area contributed by atoms with Crippen LogP contribution in [-0.2, 0) is 25.1 Å². The minimum Gasteiger partial charge on any atom is -0.494 e. The Labute approximate surface area is 232 Å². The van der Waals surface area contributed by atoms with Gasteiger partial charge < -0.3 is 14.8 Å². The highest BCUT2D eigenvalue weighted by Gasteiger charge is 2.40. The van der Waals surface area contributed by atoms with E-state index in [0.29, 0.717) is 22.9 Å². The van der Waals surface area contributed by atoms with Gasteiger partial charge >= 0.3 is 6.09 Å². The summed E-state index contributed by atoms with van der Waals surface area (Å²) in [4.78, 5) is 26.6. The second-order valence-corrected chi connectivity index (χ2v) is 13.2. The number of amides is 2. The first kappa shape index (κ1) is 30.2. The Balaban J connectivity index is 2.04. The highest BCUT2D eigenvalue weighted by Crippen LogP contribution is 2.39. The maximum absolute atomic E-state index is 13.7. The van der Waals surface area contributed by atoms with Gasteiger partial charge in [-0.3, -0.25) is 4.79 Å². The molecule has 1 aliphatic rings. The summed E-state index contributed by atoms with van der Waals surface area (Å²) in [6.45, 7) is 11.2. The van der Waals surface area contributed by atoms with Crippen LogP contribution in [0.2, 0.25) is 0 Å². The van der Waals surface area contributed by atoms with E-state index >= 15 is 0 Å². The van der Waals surface area contributed by atoms with Gasteiger partial charge in [-0.2, -0.15) is 4.31 Å². The molecular weight excluding hydrogens is 516 g/mol. The molecule has 2 aromatic rings. The van der Waals surface area contributed by atoms with Crippen LogP contribution in [0.3, 0.4) is 0 Å². The van der Waals surface area contributed by atoms with Gasteiger partial charge in [0.25, 0.3) is 0 Å². The summed E-state index contributed by atoms with van der Waals surface area (Å²) in [5, 5.41) is 3.07. The van der Waals surface area contributed by atoms with Gasteiger partial charge in [-0.1, -0.05) is 55.3 Å². The van der Waals surface area contributed by atoms with Gasteiger partial charge in [-0.05, 0) is 69.9 Å². The maximum atomic E-state index is 13.7. The van der Waals surface area contributed by atoms with E-state index in [1.165, 1.54) is 0 Å². The van der Waals surface area contributed by atoms with E-state index in [4.69, 9.17) is 9.47 Å². The molecule has 0 unspecified atom stereocenters. The SMILES string of the molecule is CCCCOc1ccc([C@]2(C)CC(c3ccc(C)cc3)=C(CN(C(=O)OC(C)(C)C)S(C)(=O)=O)C(=O)N2)cc1. The molecule has 0 spiro atoms. The quantitative estimate of drug-likeness (QED) is 0.406. The molecule has 0 radical (unpaired) electrons. The number of rotatable bonds is 9. The molecule has 1 heterocycles. The fraction of sp³-hybridized carbons (Fsp3) is 0.467.